The Morgan fingerprint density at radius 2 is 1.93 bits per heavy atom. The van der Waals surface area contributed by atoms with Crippen molar-refractivity contribution in [2.45, 2.75) is 44.4 Å². The van der Waals surface area contributed by atoms with E-state index in [2.05, 4.69) is 13.2 Å². The molecule has 0 radical (unpaired) electrons. The van der Waals surface area contributed by atoms with Gasteiger partial charge in [0.25, 0.3) is 0 Å². The van der Waals surface area contributed by atoms with Gasteiger partial charge in [0.15, 0.2) is 0 Å². The van der Waals surface area contributed by atoms with Gasteiger partial charge in [0.1, 0.15) is 23.2 Å². The van der Waals surface area contributed by atoms with E-state index in [1.165, 1.54) is 7.11 Å². The normalized spacial score (nSPS) is 28.4. The Bertz CT molecular complexity index is 924. The van der Waals surface area contributed by atoms with Crippen molar-refractivity contribution >= 4 is 11.9 Å². The van der Waals surface area contributed by atoms with E-state index in [-0.39, 0.29) is 12.0 Å². The third kappa shape index (κ3) is 3.75. The topological polar surface area (TPSA) is 89.2 Å². The summed E-state index contributed by atoms with van der Waals surface area (Å²) in [5, 5.41) is 11.0. The number of fused-ring (bicyclic) bond motifs is 4. The van der Waals surface area contributed by atoms with E-state index in [1.807, 2.05) is 25.9 Å². The van der Waals surface area contributed by atoms with Crippen LogP contribution in [0, 0.1) is 5.92 Å². The molecule has 5 atom stereocenters. The highest BCUT2D eigenvalue weighted by Gasteiger charge is 2.48. The monoisotopic (exact) mass is 415 g/mol. The van der Waals surface area contributed by atoms with E-state index in [1.54, 1.807) is 19.1 Å². The van der Waals surface area contributed by atoms with Crippen LogP contribution in [0.5, 0.6) is 0 Å². The molecule has 0 aromatic carbocycles. The molecule has 1 saturated heterocycles. The molecule has 3 heterocycles. The number of aliphatic hydroxyl groups excluding tert-OH is 1. The van der Waals surface area contributed by atoms with Crippen LogP contribution >= 0.6 is 0 Å². The standard InChI is InChI=1S/C23H29NO6/c1-11(2)13-9-17-14(22(26)28-7)10-18(29-17)19(12(3)4)21-20(24(5)6)15(8-16(13)25)23(27)30-21/h8,10,13,16,19-21,25H,1,3,9H2,2,4-7H3/t13-,16+,19+,20-,21+/m1/s1. The molecule has 1 aromatic heterocycles. The molecule has 3 rings (SSSR count). The molecule has 7 heteroatoms. The van der Waals surface area contributed by atoms with Crippen LogP contribution in [0.15, 0.2) is 46.4 Å². The summed E-state index contributed by atoms with van der Waals surface area (Å²) >= 11 is 0. The second kappa shape index (κ2) is 8.24. The van der Waals surface area contributed by atoms with Gasteiger partial charge >= 0.3 is 11.9 Å². The zero-order valence-electron chi connectivity index (χ0n) is 18.1. The molecule has 4 bridgehead atoms. The van der Waals surface area contributed by atoms with Crippen molar-refractivity contribution in [1.29, 1.82) is 0 Å². The van der Waals surface area contributed by atoms with Crippen molar-refractivity contribution in [3.05, 3.63) is 59.1 Å². The maximum absolute atomic E-state index is 12.8. The largest absolute Gasteiger partial charge is 0.465 e. The van der Waals surface area contributed by atoms with Crippen LogP contribution in [-0.2, 0) is 20.7 Å². The lowest BCUT2D eigenvalue weighted by molar-refractivity contribution is -0.140. The van der Waals surface area contributed by atoms with Crippen LogP contribution < -0.4 is 0 Å². The van der Waals surface area contributed by atoms with Crippen molar-refractivity contribution in [3.8, 4) is 0 Å². The Labute approximate surface area is 176 Å². The van der Waals surface area contributed by atoms with Gasteiger partial charge in [-0.1, -0.05) is 24.3 Å². The molecule has 0 unspecified atom stereocenters. The number of aliphatic hydroxyl groups is 1. The van der Waals surface area contributed by atoms with Crippen molar-refractivity contribution in [2.24, 2.45) is 5.92 Å². The fraction of sp³-hybridized carbons (Fsp3) is 0.478. The first-order valence-electron chi connectivity index (χ1n) is 9.85. The number of likely N-dealkylation sites (N-methyl/N-ethyl adjacent to an activating group) is 1. The zero-order chi connectivity index (χ0) is 22.3. The minimum atomic E-state index is -1.01. The number of nitrogens with zero attached hydrogens (tertiary/aromatic N) is 1. The van der Waals surface area contributed by atoms with Crippen molar-refractivity contribution in [2.75, 3.05) is 21.2 Å². The minimum Gasteiger partial charge on any atom is -0.465 e. The van der Waals surface area contributed by atoms with Gasteiger partial charge in [-0.2, -0.15) is 0 Å². The average Bonchev–Trinajstić information content (AvgIpc) is 3.19. The van der Waals surface area contributed by atoms with Gasteiger partial charge in [0, 0.05) is 12.3 Å². The van der Waals surface area contributed by atoms with Crippen LogP contribution in [0.4, 0.5) is 0 Å². The molecule has 0 spiro atoms. The second-order valence-electron chi connectivity index (χ2n) is 8.35. The van der Waals surface area contributed by atoms with Crippen LogP contribution in [0.3, 0.4) is 0 Å². The quantitative estimate of drug-likeness (QED) is 0.597. The smallest absolute Gasteiger partial charge is 0.341 e. The summed E-state index contributed by atoms with van der Waals surface area (Å²) in [5.41, 5.74) is 2.12. The Kier molecular flexibility index (Phi) is 6.06. The van der Waals surface area contributed by atoms with Crippen molar-refractivity contribution < 1.29 is 28.6 Å². The number of ether oxygens (including phenoxy) is 2. The van der Waals surface area contributed by atoms with E-state index in [4.69, 9.17) is 13.9 Å². The fourth-order valence-corrected chi connectivity index (χ4v) is 4.35. The predicted octanol–water partition coefficient (Wildman–Crippen LogP) is 2.62. The van der Waals surface area contributed by atoms with E-state index in [0.29, 0.717) is 22.7 Å². The van der Waals surface area contributed by atoms with Crippen LogP contribution in [0.1, 0.15) is 41.6 Å². The van der Waals surface area contributed by atoms with Gasteiger partial charge in [0.2, 0.25) is 0 Å². The number of carbonyl (C=O) groups is 2. The molecule has 1 N–H and O–H groups in total. The highest BCUT2D eigenvalue weighted by atomic mass is 16.6. The number of methoxy groups -OCH3 is 1. The van der Waals surface area contributed by atoms with Gasteiger partial charge in [-0.05, 0) is 40.1 Å². The lowest BCUT2D eigenvalue weighted by Crippen LogP contribution is -2.40. The molecule has 1 aromatic rings. The van der Waals surface area contributed by atoms with E-state index >= 15 is 0 Å². The van der Waals surface area contributed by atoms with Crippen LogP contribution in [0.25, 0.3) is 0 Å². The second-order valence-corrected chi connectivity index (χ2v) is 8.35. The number of carbonyl (C=O) groups excluding carboxylic acids is 2. The van der Waals surface area contributed by atoms with Gasteiger partial charge in [-0.15, -0.1) is 0 Å². The summed E-state index contributed by atoms with van der Waals surface area (Å²) in [6, 6.07) is 1.21. The average molecular weight is 415 g/mol. The van der Waals surface area contributed by atoms with E-state index < -0.39 is 42.0 Å². The highest BCUT2D eigenvalue weighted by Crippen LogP contribution is 2.41. The third-order valence-corrected chi connectivity index (χ3v) is 5.87. The number of hydrogen-bond donors (Lipinski definition) is 1. The molecule has 0 aliphatic carbocycles. The zero-order valence-corrected chi connectivity index (χ0v) is 18.1. The highest BCUT2D eigenvalue weighted by molar-refractivity contribution is 5.93. The molecular weight excluding hydrogens is 386 g/mol. The Morgan fingerprint density at radius 1 is 1.27 bits per heavy atom. The summed E-state index contributed by atoms with van der Waals surface area (Å²) in [6.07, 6.45) is 0.161. The molecule has 7 nitrogen and oxygen atoms in total. The Morgan fingerprint density at radius 3 is 2.47 bits per heavy atom. The van der Waals surface area contributed by atoms with E-state index in [9.17, 15) is 14.7 Å². The number of furan rings is 1. The first-order valence-corrected chi connectivity index (χ1v) is 9.85. The number of rotatable bonds is 4. The first kappa shape index (κ1) is 22.1. The number of esters is 2. The van der Waals surface area contributed by atoms with Crippen LogP contribution in [0.2, 0.25) is 0 Å². The summed E-state index contributed by atoms with van der Waals surface area (Å²) in [7, 11) is 5.00. The molecule has 1 fully saturated rings. The van der Waals surface area contributed by atoms with Gasteiger partial charge in [-0.3, -0.25) is 4.90 Å². The molecule has 162 valence electrons. The van der Waals surface area contributed by atoms with Gasteiger partial charge in [-0.25, -0.2) is 9.59 Å². The summed E-state index contributed by atoms with van der Waals surface area (Å²) < 4.78 is 16.8. The fourth-order valence-electron chi connectivity index (χ4n) is 4.35. The Hall–Kier alpha value is -2.64. The first-order chi connectivity index (χ1) is 14.1. The number of hydrogen-bond acceptors (Lipinski definition) is 7. The maximum atomic E-state index is 12.8. The minimum absolute atomic E-state index is 0.236. The molecule has 2 aliphatic rings. The van der Waals surface area contributed by atoms with Gasteiger partial charge in [0.05, 0.1) is 30.7 Å². The maximum Gasteiger partial charge on any atom is 0.341 e. The molecular formula is C23H29NO6. The summed E-state index contributed by atoms with van der Waals surface area (Å²) in [4.78, 5) is 27.1. The summed E-state index contributed by atoms with van der Waals surface area (Å²) in [6.45, 7) is 11.7. The molecule has 0 amide bonds. The van der Waals surface area contributed by atoms with E-state index in [0.717, 1.165) is 5.57 Å². The van der Waals surface area contributed by atoms with Crippen LogP contribution in [-0.4, -0.2) is 61.4 Å². The van der Waals surface area contributed by atoms with Crippen molar-refractivity contribution in [1.82, 2.24) is 4.90 Å². The molecule has 0 saturated carbocycles. The Balaban J connectivity index is 2.28. The molecule has 30 heavy (non-hydrogen) atoms. The molecule has 2 aliphatic heterocycles. The lowest BCUT2D eigenvalue weighted by Gasteiger charge is -2.30. The third-order valence-electron chi connectivity index (χ3n) is 5.87. The van der Waals surface area contributed by atoms with Gasteiger partial charge < -0.3 is 19.0 Å². The summed E-state index contributed by atoms with van der Waals surface area (Å²) in [5.74, 6) is -1.07. The SMILES string of the molecule is C=C(C)[C@H]1Cc2oc(cc2C(=O)OC)[C@H](C(=C)C)[C@@H]2OC(=O)C(=C[C@@H]1O)[C@H]2N(C)C. The van der Waals surface area contributed by atoms with Crippen molar-refractivity contribution in [3.63, 3.8) is 0 Å². The lowest BCUT2D eigenvalue weighted by atomic mass is 9.84. The predicted molar refractivity (Wildman–Crippen MR) is 111 cm³/mol.